The fourth-order valence-corrected chi connectivity index (χ4v) is 0.602. The van der Waals surface area contributed by atoms with Gasteiger partial charge in [0.05, 0.1) is 6.61 Å². The quantitative estimate of drug-likeness (QED) is 0.462. The lowest BCUT2D eigenvalue weighted by Crippen LogP contribution is -2.43. The number of nitrogens with one attached hydrogen (secondary N) is 1. The summed E-state index contributed by atoms with van der Waals surface area (Å²) in [6, 6.07) is -0.771. The smallest absolute Gasteiger partial charge is 0.239 e. The van der Waals surface area contributed by atoms with E-state index in [0.29, 0.717) is 6.54 Å². The van der Waals surface area contributed by atoms with E-state index in [2.05, 4.69) is 5.32 Å². The first-order valence-corrected chi connectivity index (χ1v) is 3.86. The highest BCUT2D eigenvalue weighted by Crippen LogP contribution is 1.83. The monoisotopic (exact) mass is 160 g/mol. The molecule has 0 aliphatic heterocycles. The van der Waals surface area contributed by atoms with E-state index in [1.807, 2.05) is 6.92 Å². The Kier molecular flexibility index (Phi) is 5.78. The summed E-state index contributed by atoms with van der Waals surface area (Å²) in [5, 5.41) is 11.1. The van der Waals surface area contributed by atoms with E-state index < -0.39 is 6.04 Å². The number of amides is 1. The van der Waals surface area contributed by atoms with Gasteiger partial charge >= 0.3 is 0 Å². The van der Waals surface area contributed by atoms with Gasteiger partial charge in [-0.3, -0.25) is 4.79 Å². The van der Waals surface area contributed by atoms with Gasteiger partial charge in [-0.15, -0.1) is 0 Å². The highest BCUT2D eigenvalue weighted by molar-refractivity contribution is 5.81. The van der Waals surface area contributed by atoms with Crippen LogP contribution in [-0.2, 0) is 4.79 Å². The van der Waals surface area contributed by atoms with E-state index in [9.17, 15) is 4.79 Å². The maximum Gasteiger partial charge on any atom is 0.239 e. The zero-order valence-corrected chi connectivity index (χ0v) is 6.84. The van der Waals surface area contributed by atoms with Gasteiger partial charge in [0.15, 0.2) is 0 Å². The first kappa shape index (κ1) is 10.4. The highest BCUT2D eigenvalue weighted by atomic mass is 16.3. The molecule has 0 saturated heterocycles. The van der Waals surface area contributed by atoms with E-state index in [1.165, 1.54) is 0 Å². The maximum atomic E-state index is 10.9. The van der Waals surface area contributed by atoms with E-state index in [-0.39, 0.29) is 12.5 Å². The third-order valence-electron chi connectivity index (χ3n) is 1.36. The van der Waals surface area contributed by atoms with E-state index in [1.54, 1.807) is 0 Å². The van der Waals surface area contributed by atoms with Gasteiger partial charge in [-0.05, 0) is 6.42 Å². The number of carbonyl (C=O) groups is 1. The van der Waals surface area contributed by atoms with Crippen molar-refractivity contribution < 1.29 is 9.90 Å². The molecule has 1 amide bonds. The lowest BCUT2D eigenvalue weighted by Gasteiger charge is -2.08. The molecular weight excluding hydrogens is 144 g/mol. The molecule has 0 aliphatic carbocycles. The summed E-state index contributed by atoms with van der Waals surface area (Å²) in [7, 11) is 0. The molecule has 0 aromatic carbocycles. The van der Waals surface area contributed by atoms with Crippen molar-refractivity contribution in [1.82, 2.24) is 5.32 Å². The number of hydrogen-bond donors (Lipinski definition) is 3. The van der Waals surface area contributed by atoms with Crippen molar-refractivity contribution in [3.63, 3.8) is 0 Å². The third kappa shape index (κ3) is 4.75. The van der Waals surface area contributed by atoms with Crippen LogP contribution in [0.2, 0.25) is 0 Å². The number of aliphatic hydroxyl groups excluding tert-OH is 1. The van der Waals surface area contributed by atoms with Gasteiger partial charge in [0.1, 0.15) is 6.04 Å². The van der Waals surface area contributed by atoms with Gasteiger partial charge in [-0.1, -0.05) is 13.3 Å². The molecule has 0 fully saturated rings. The molecule has 0 rings (SSSR count). The summed E-state index contributed by atoms with van der Waals surface area (Å²) in [4.78, 5) is 10.9. The number of carbonyl (C=O) groups excluding carboxylic acids is 1. The van der Waals surface area contributed by atoms with Gasteiger partial charge in [-0.2, -0.15) is 0 Å². The number of unbranched alkanes of at least 4 members (excludes halogenated alkanes) is 1. The minimum Gasteiger partial charge on any atom is -0.394 e. The van der Waals surface area contributed by atoms with Crippen LogP contribution in [0.25, 0.3) is 0 Å². The normalized spacial score (nSPS) is 12.6. The number of rotatable bonds is 5. The van der Waals surface area contributed by atoms with Crippen LogP contribution in [0, 0.1) is 0 Å². The molecule has 0 aliphatic rings. The Morgan fingerprint density at radius 3 is 2.82 bits per heavy atom. The predicted octanol–water partition coefficient (Wildman–Crippen LogP) is -0.778. The van der Waals surface area contributed by atoms with Crippen LogP contribution >= 0.6 is 0 Å². The highest BCUT2D eigenvalue weighted by Gasteiger charge is 2.09. The molecule has 1 atom stereocenters. The summed E-state index contributed by atoms with van der Waals surface area (Å²) in [5.41, 5.74) is 5.24. The minimum atomic E-state index is -0.771. The van der Waals surface area contributed by atoms with Gasteiger partial charge in [-0.25, -0.2) is 0 Å². The zero-order valence-electron chi connectivity index (χ0n) is 6.84. The summed E-state index contributed by atoms with van der Waals surface area (Å²) in [5.74, 6) is -0.277. The number of nitrogens with two attached hydrogens (primary N) is 1. The molecule has 11 heavy (non-hydrogen) atoms. The van der Waals surface area contributed by atoms with E-state index in [0.717, 1.165) is 12.8 Å². The Morgan fingerprint density at radius 2 is 2.36 bits per heavy atom. The van der Waals surface area contributed by atoms with Crippen LogP contribution in [0.1, 0.15) is 19.8 Å². The van der Waals surface area contributed by atoms with Crippen molar-refractivity contribution in [2.75, 3.05) is 13.2 Å². The molecule has 0 bridgehead atoms. The largest absolute Gasteiger partial charge is 0.394 e. The van der Waals surface area contributed by atoms with Crippen molar-refractivity contribution in [3.8, 4) is 0 Å². The van der Waals surface area contributed by atoms with Gasteiger partial charge < -0.3 is 16.2 Å². The molecule has 66 valence electrons. The Hall–Kier alpha value is -0.610. The standard InChI is InChI=1S/C7H16N2O2/c1-2-3-4-9-7(11)6(8)5-10/h6,10H,2-5,8H2,1H3,(H,9,11)/t6-/m0/s1. The van der Waals surface area contributed by atoms with Gasteiger partial charge in [0, 0.05) is 6.54 Å². The van der Waals surface area contributed by atoms with Crippen LogP contribution < -0.4 is 11.1 Å². The third-order valence-corrected chi connectivity index (χ3v) is 1.36. The van der Waals surface area contributed by atoms with Crippen molar-refractivity contribution in [1.29, 1.82) is 0 Å². The van der Waals surface area contributed by atoms with Crippen LogP contribution in [-0.4, -0.2) is 30.2 Å². The van der Waals surface area contributed by atoms with Crippen LogP contribution in [0.5, 0.6) is 0 Å². The lowest BCUT2D eigenvalue weighted by molar-refractivity contribution is -0.123. The first-order chi connectivity index (χ1) is 5.22. The summed E-state index contributed by atoms with van der Waals surface area (Å²) in [6.07, 6.45) is 1.98. The average molecular weight is 160 g/mol. The van der Waals surface area contributed by atoms with Crippen LogP contribution in [0.4, 0.5) is 0 Å². The molecule has 0 heterocycles. The van der Waals surface area contributed by atoms with Crippen molar-refractivity contribution in [3.05, 3.63) is 0 Å². The molecular formula is C7H16N2O2. The lowest BCUT2D eigenvalue weighted by atomic mass is 10.3. The Balaban J connectivity index is 3.36. The Morgan fingerprint density at radius 1 is 1.73 bits per heavy atom. The maximum absolute atomic E-state index is 10.9. The Bertz CT molecular complexity index is 117. The molecule has 0 saturated carbocycles. The molecule has 4 N–H and O–H groups in total. The van der Waals surface area contributed by atoms with Crippen molar-refractivity contribution >= 4 is 5.91 Å². The van der Waals surface area contributed by atoms with Crippen molar-refractivity contribution in [2.24, 2.45) is 5.73 Å². The number of hydrogen-bond acceptors (Lipinski definition) is 3. The fourth-order valence-electron chi connectivity index (χ4n) is 0.602. The molecule has 4 nitrogen and oxygen atoms in total. The molecule has 0 spiro atoms. The SMILES string of the molecule is CCCCNC(=O)[C@@H](N)CO. The fraction of sp³-hybridized carbons (Fsp3) is 0.857. The average Bonchev–Trinajstić information content (AvgIpc) is 2.03. The van der Waals surface area contributed by atoms with Crippen LogP contribution in [0.15, 0.2) is 0 Å². The molecule has 4 heteroatoms. The Labute approximate surface area is 66.8 Å². The predicted molar refractivity (Wildman–Crippen MR) is 43.0 cm³/mol. The van der Waals surface area contributed by atoms with E-state index in [4.69, 9.17) is 10.8 Å². The van der Waals surface area contributed by atoms with Gasteiger partial charge in [0.2, 0.25) is 5.91 Å². The summed E-state index contributed by atoms with van der Waals surface area (Å²) >= 11 is 0. The second-order valence-electron chi connectivity index (χ2n) is 2.43. The molecule has 0 radical (unpaired) electrons. The second kappa shape index (κ2) is 6.12. The van der Waals surface area contributed by atoms with Crippen molar-refractivity contribution in [2.45, 2.75) is 25.8 Å². The zero-order chi connectivity index (χ0) is 8.69. The summed E-state index contributed by atoms with van der Waals surface area (Å²) in [6.45, 7) is 2.39. The van der Waals surface area contributed by atoms with Crippen LogP contribution in [0.3, 0.4) is 0 Å². The first-order valence-electron chi connectivity index (χ1n) is 3.86. The second-order valence-corrected chi connectivity index (χ2v) is 2.43. The molecule has 0 aromatic heterocycles. The molecule has 0 unspecified atom stereocenters. The number of aliphatic hydroxyl groups is 1. The summed E-state index contributed by atoms with van der Waals surface area (Å²) < 4.78 is 0. The van der Waals surface area contributed by atoms with E-state index >= 15 is 0 Å². The molecule has 0 aromatic rings. The van der Waals surface area contributed by atoms with Gasteiger partial charge in [0.25, 0.3) is 0 Å². The minimum absolute atomic E-state index is 0.277. The topological polar surface area (TPSA) is 75.4 Å².